The van der Waals surface area contributed by atoms with Gasteiger partial charge in [-0.2, -0.15) is 0 Å². The van der Waals surface area contributed by atoms with Crippen molar-refractivity contribution in [3.63, 3.8) is 0 Å². The van der Waals surface area contributed by atoms with E-state index in [0.717, 1.165) is 11.3 Å². The van der Waals surface area contributed by atoms with Gasteiger partial charge in [0.15, 0.2) is 4.80 Å². The van der Waals surface area contributed by atoms with Gasteiger partial charge in [-0.15, -0.1) is 0 Å². The molecule has 1 amide bonds. The number of amides is 1. The molecule has 0 radical (unpaired) electrons. The summed E-state index contributed by atoms with van der Waals surface area (Å²) in [7, 11) is 0. The average molecular weight is 271 g/mol. The van der Waals surface area contributed by atoms with Crippen LogP contribution in [0.3, 0.4) is 0 Å². The van der Waals surface area contributed by atoms with Gasteiger partial charge in [-0.1, -0.05) is 29.5 Å². The molecule has 2 aliphatic rings. The predicted octanol–water partition coefficient (Wildman–Crippen LogP) is -0.306. The van der Waals surface area contributed by atoms with E-state index in [2.05, 4.69) is 10.3 Å². The van der Waals surface area contributed by atoms with Crippen LogP contribution in [0.1, 0.15) is 5.56 Å². The van der Waals surface area contributed by atoms with Crippen molar-refractivity contribution < 1.29 is 4.79 Å². The van der Waals surface area contributed by atoms with Crippen LogP contribution in [0.4, 0.5) is 5.69 Å². The summed E-state index contributed by atoms with van der Waals surface area (Å²) >= 11 is 1.30. The van der Waals surface area contributed by atoms with E-state index in [4.69, 9.17) is 0 Å². The molecule has 19 heavy (non-hydrogen) atoms. The summed E-state index contributed by atoms with van der Waals surface area (Å²) in [6, 6.07) is 7.42. The van der Waals surface area contributed by atoms with E-state index < -0.39 is 0 Å². The number of carbonyl (C=O) groups is 1. The van der Waals surface area contributed by atoms with Crippen LogP contribution in [0.2, 0.25) is 0 Å². The van der Waals surface area contributed by atoms with Crippen molar-refractivity contribution in [1.29, 1.82) is 0 Å². The van der Waals surface area contributed by atoms with Crippen LogP contribution in [-0.4, -0.2) is 17.0 Å². The Balaban J connectivity index is 2.16. The van der Waals surface area contributed by atoms with Gasteiger partial charge in [0.1, 0.15) is 4.53 Å². The third-order valence-electron chi connectivity index (χ3n) is 3.33. The Kier molecular flexibility index (Phi) is 2.05. The first-order chi connectivity index (χ1) is 9.25. The molecule has 1 N–H and O–H groups in total. The van der Waals surface area contributed by atoms with Crippen molar-refractivity contribution in [1.82, 2.24) is 4.57 Å². The third kappa shape index (κ3) is 1.37. The maximum atomic E-state index is 12.3. The largest absolute Gasteiger partial charge is 0.321 e. The van der Waals surface area contributed by atoms with Gasteiger partial charge in [0.2, 0.25) is 0 Å². The number of thiazole rings is 1. The van der Waals surface area contributed by atoms with Gasteiger partial charge in [-0.25, -0.2) is 0 Å². The van der Waals surface area contributed by atoms with Gasteiger partial charge in [0.05, 0.1) is 12.1 Å². The first kappa shape index (κ1) is 10.7. The van der Waals surface area contributed by atoms with Crippen molar-refractivity contribution in [2.75, 3.05) is 11.9 Å². The van der Waals surface area contributed by atoms with Crippen molar-refractivity contribution in [2.24, 2.45) is 4.99 Å². The monoisotopic (exact) mass is 271 g/mol. The quantitative estimate of drug-likeness (QED) is 0.714. The van der Waals surface area contributed by atoms with Crippen LogP contribution in [-0.2, 0) is 11.3 Å². The van der Waals surface area contributed by atoms with E-state index in [0.29, 0.717) is 28.0 Å². The van der Waals surface area contributed by atoms with Crippen molar-refractivity contribution in [3.05, 3.63) is 49.5 Å². The molecule has 94 valence electrons. The Morgan fingerprint density at radius 3 is 2.95 bits per heavy atom. The minimum absolute atomic E-state index is 0.108. The smallest absolute Gasteiger partial charge is 0.271 e. The van der Waals surface area contributed by atoms with Crippen LogP contribution < -0.4 is 20.2 Å². The molecule has 0 saturated carbocycles. The Bertz CT molecular complexity index is 891. The second-order valence-electron chi connectivity index (χ2n) is 4.43. The minimum Gasteiger partial charge on any atom is -0.321 e. The van der Waals surface area contributed by atoms with Gasteiger partial charge in [0, 0.05) is 17.8 Å². The number of carbonyl (C=O) groups excluding carboxylic acids is 1. The second-order valence-corrected chi connectivity index (χ2v) is 5.40. The maximum absolute atomic E-state index is 12.3. The zero-order valence-electron chi connectivity index (χ0n) is 9.84. The van der Waals surface area contributed by atoms with Gasteiger partial charge in [0.25, 0.3) is 11.5 Å². The molecule has 6 heteroatoms. The first-order valence-electron chi connectivity index (χ1n) is 5.95. The average Bonchev–Trinajstić information content (AvgIpc) is 3.04. The molecule has 1 aromatic carbocycles. The van der Waals surface area contributed by atoms with E-state index in [1.54, 1.807) is 4.57 Å². The number of benzene rings is 1. The van der Waals surface area contributed by atoms with E-state index in [9.17, 15) is 9.59 Å². The summed E-state index contributed by atoms with van der Waals surface area (Å²) < 4.78 is 2.13. The highest BCUT2D eigenvalue weighted by Gasteiger charge is 2.26. The number of anilines is 1. The number of rotatable bonds is 0. The van der Waals surface area contributed by atoms with E-state index in [1.807, 2.05) is 24.3 Å². The number of nitrogens with zero attached hydrogens (tertiary/aromatic N) is 2. The zero-order chi connectivity index (χ0) is 13.0. The highest BCUT2D eigenvalue weighted by atomic mass is 32.1. The molecule has 1 aromatic heterocycles. The van der Waals surface area contributed by atoms with E-state index >= 15 is 0 Å². The standard InChI is InChI=1S/C13H9N3O2S/c17-11-9(7-3-1-2-4-8(7)15-11)10-12(18)16-6-5-14-13(16)19-10/h1-4H,5-6H2,(H,15,17). The number of hydrogen-bond acceptors (Lipinski definition) is 4. The number of aromatic nitrogens is 1. The highest BCUT2D eigenvalue weighted by Crippen LogP contribution is 2.29. The fraction of sp³-hybridized carbons (Fsp3) is 0.154. The third-order valence-corrected chi connectivity index (χ3v) is 4.45. The number of nitrogens with one attached hydrogen (secondary N) is 1. The molecule has 0 aliphatic carbocycles. The summed E-state index contributed by atoms with van der Waals surface area (Å²) in [4.78, 5) is 29.4. The van der Waals surface area contributed by atoms with Crippen molar-refractivity contribution >= 4 is 28.5 Å². The Hall–Kier alpha value is -2.21. The Morgan fingerprint density at radius 1 is 1.26 bits per heavy atom. The molecule has 4 rings (SSSR count). The SMILES string of the molecule is O=C1Nc2ccccc2C1=c1sc2n(c1=O)CCN=2. The molecule has 0 spiro atoms. The van der Waals surface area contributed by atoms with E-state index in [-0.39, 0.29) is 11.5 Å². The van der Waals surface area contributed by atoms with Crippen LogP contribution in [0.25, 0.3) is 5.57 Å². The van der Waals surface area contributed by atoms with Gasteiger partial charge < -0.3 is 5.32 Å². The minimum atomic E-state index is -0.209. The van der Waals surface area contributed by atoms with Crippen LogP contribution in [0.5, 0.6) is 0 Å². The maximum Gasteiger partial charge on any atom is 0.271 e. The van der Waals surface area contributed by atoms with Gasteiger partial charge >= 0.3 is 0 Å². The number of hydrogen-bond donors (Lipinski definition) is 1. The lowest BCUT2D eigenvalue weighted by atomic mass is 10.1. The van der Waals surface area contributed by atoms with Crippen molar-refractivity contribution in [2.45, 2.75) is 6.54 Å². The molecule has 0 atom stereocenters. The molecule has 2 aliphatic heterocycles. The summed E-state index contributed by atoms with van der Waals surface area (Å²) in [6.07, 6.45) is 0. The topological polar surface area (TPSA) is 63.5 Å². The molecule has 2 aromatic rings. The van der Waals surface area contributed by atoms with E-state index in [1.165, 1.54) is 11.3 Å². The predicted molar refractivity (Wildman–Crippen MR) is 71.8 cm³/mol. The number of fused-ring (bicyclic) bond motifs is 2. The summed E-state index contributed by atoms with van der Waals surface area (Å²) in [5.74, 6) is -0.209. The van der Waals surface area contributed by atoms with Crippen LogP contribution in [0.15, 0.2) is 34.1 Å². The number of para-hydroxylation sites is 1. The fourth-order valence-corrected chi connectivity index (χ4v) is 3.59. The Labute approximate surface area is 111 Å². The highest BCUT2D eigenvalue weighted by molar-refractivity contribution is 7.07. The Morgan fingerprint density at radius 2 is 2.11 bits per heavy atom. The molecule has 5 nitrogen and oxygen atoms in total. The van der Waals surface area contributed by atoms with Crippen LogP contribution >= 0.6 is 11.3 Å². The fourth-order valence-electron chi connectivity index (χ4n) is 2.46. The summed E-state index contributed by atoms with van der Waals surface area (Å²) in [5, 5.41) is 2.79. The van der Waals surface area contributed by atoms with Crippen LogP contribution in [0, 0.1) is 0 Å². The molecule has 0 unspecified atom stereocenters. The first-order valence-corrected chi connectivity index (χ1v) is 6.76. The summed E-state index contributed by atoms with van der Waals surface area (Å²) in [5.41, 5.74) is 1.92. The molecular weight excluding hydrogens is 262 g/mol. The summed E-state index contributed by atoms with van der Waals surface area (Å²) in [6.45, 7) is 1.26. The van der Waals surface area contributed by atoms with Gasteiger partial charge in [-0.3, -0.25) is 19.1 Å². The zero-order valence-corrected chi connectivity index (χ0v) is 10.7. The van der Waals surface area contributed by atoms with Crippen molar-refractivity contribution in [3.8, 4) is 0 Å². The lowest BCUT2D eigenvalue weighted by molar-refractivity contribution is -0.110. The molecule has 0 bridgehead atoms. The lowest BCUT2D eigenvalue weighted by Crippen LogP contribution is -2.32. The van der Waals surface area contributed by atoms with Gasteiger partial charge in [-0.05, 0) is 6.07 Å². The second kappa shape index (κ2) is 3.64. The molecule has 3 heterocycles. The normalized spacial score (nSPS) is 18.8. The molecule has 0 saturated heterocycles. The lowest BCUT2D eigenvalue weighted by Gasteiger charge is -1.94. The molecule has 0 fully saturated rings. The molecular formula is C13H9N3O2S.